The van der Waals surface area contributed by atoms with Crippen LogP contribution in [0.1, 0.15) is 38.5 Å². The lowest BCUT2D eigenvalue weighted by atomic mass is 9.92. The minimum Gasteiger partial charge on any atom is -0.497 e. The van der Waals surface area contributed by atoms with E-state index in [1.54, 1.807) is 6.26 Å². The molecule has 0 aromatic carbocycles. The van der Waals surface area contributed by atoms with Gasteiger partial charge in [-0.1, -0.05) is 0 Å². The van der Waals surface area contributed by atoms with E-state index < -0.39 is 12.8 Å². The van der Waals surface area contributed by atoms with Crippen molar-refractivity contribution in [3.8, 4) is 0 Å². The maximum Gasteiger partial charge on any atom is 0.411 e. The molecule has 0 bridgehead atoms. The number of hydrogen-bond acceptors (Lipinski definition) is 3. The van der Waals surface area contributed by atoms with Gasteiger partial charge in [0.2, 0.25) is 0 Å². The fourth-order valence-electron chi connectivity index (χ4n) is 2.73. The third-order valence-electron chi connectivity index (χ3n) is 3.77. The van der Waals surface area contributed by atoms with Crippen LogP contribution in [0.15, 0.2) is 12.3 Å². The normalized spacial score (nSPS) is 31.1. The first kappa shape index (κ1) is 15.6. The van der Waals surface area contributed by atoms with Crippen LogP contribution in [0, 0.1) is 0 Å². The van der Waals surface area contributed by atoms with Crippen LogP contribution in [-0.4, -0.2) is 37.6 Å². The molecule has 1 aliphatic heterocycles. The van der Waals surface area contributed by atoms with Crippen LogP contribution < -0.4 is 5.32 Å². The number of nitrogens with one attached hydrogen (secondary N) is 1. The zero-order chi connectivity index (χ0) is 14.4. The standard InChI is InChI=1S/C14H22F3NO2/c15-14(16,17)10-20-12-6-3-4-11(8-12)18-9-13-5-1-2-7-19-13/h2,7,11-13,18H,1,3-6,8-10H2. The number of hydrogen-bond donors (Lipinski definition) is 1. The van der Waals surface area contributed by atoms with Gasteiger partial charge in [-0.25, -0.2) is 0 Å². The first-order valence-electron chi connectivity index (χ1n) is 7.25. The van der Waals surface area contributed by atoms with Crippen LogP contribution in [0.3, 0.4) is 0 Å². The van der Waals surface area contributed by atoms with E-state index >= 15 is 0 Å². The Morgan fingerprint density at radius 2 is 2.10 bits per heavy atom. The first-order valence-corrected chi connectivity index (χ1v) is 7.25. The van der Waals surface area contributed by atoms with Crippen LogP contribution in [-0.2, 0) is 9.47 Å². The maximum atomic E-state index is 12.1. The molecule has 1 aliphatic carbocycles. The average molecular weight is 293 g/mol. The van der Waals surface area contributed by atoms with Crippen molar-refractivity contribution < 1.29 is 22.6 Å². The smallest absolute Gasteiger partial charge is 0.411 e. The molecule has 3 unspecified atom stereocenters. The third kappa shape index (κ3) is 5.71. The molecule has 3 atom stereocenters. The van der Waals surface area contributed by atoms with Crippen molar-refractivity contribution in [3.05, 3.63) is 12.3 Å². The minimum atomic E-state index is -4.23. The number of rotatable bonds is 5. The molecule has 2 aliphatic rings. The van der Waals surface area contributed by atoms with Gasteiger partial charge in [-0.05, 0) is 44.6 Å². The largest absolute Gasteiger partial charge is 0.497 e. The van der Waals surface area contributed by atoms with Gasteiger partial charge in [0.1, 0.15) is 12.7 Å². The summed E-state index contributed by atoms with van der Waals surface area (Å²) < 4.78 is 46.8. The Morgan fingerprint density at radius 1 is 1.25 bits per heavy atom. The molecule has 1 N–H and O–H groups in total. The molecule has 0 aromatic rings. The zero-order valence-corrected chi connectivity index (χ0v) is 11.5. The van der Waals surface area contributed by atoms with Gasteiger partial charge in [0.15, 0.2) is 0 Å². The van der Waals surface area contributed by atoms with Crippen LogP contribution in [0.2, 0.25) is 0 Å². The summed E-state index contributed by atoms with van der Waals surface area (Å²) in [6, 6.07) is 0.233. The zero-order valence-electron chi connectivity index (χ0n) is 11.5. The Hall–Kier alpha value is -0.750. The second-order valence-corrected chi connectivity index (χ2v) is 5.53. The summed E-state index contributed by atoms with van der Waals surface area (Å²) in [7, 11) is 0. The first-order chi connectivity index (χ1) is 9.53. The number of alkyl halides is 3. The molecule has 2 rings (SSSR count). The summed E-state index contributed by atoms with van der Waals surface area (Å²) in [4.78, 5) is 0. The van der Waals surface area contributed by atoms with Gasteiger partial charge in [0.05, 0.1) is 12.4 Å². The molecule has 0 aromatic heterocycles. The molecule has 0 saturated heterocycles. The summed E-state index contributed by atoms with van der Waals surface area (Å²) in [5.41, 5.74) is 0. The van der Waals surface area contributed by atoms with E-state index in [1.165, 1.54) is 0 Å². The van der Waals surface area contributed by atoms with Crippen molar-refractivity contribution in [3.63, 3.8) is 0 Å². The van der Waals surface area contributed by atoms with Crippen molar-refractivity contribution in [2.24, 2.45) is 0 Å². The molecule has 1 fully saturated rings. The van der Waals surface area contributed by atoms with Crippen molar-refractivity contribution in [2.45, 2.75) is 63.0 Å². The van der Waals surface area contributed by atoms with E-state index in [4.69, 9.17) is 9.47 Å². The van der Waals surface area contributed by atoms with Crippen molar-refractivity contribution in [2.75, 3.05) is 13.2 Å². The van der Waals surface area contributed by atoms with Gasteiger partial charge >= 0.3 is 6.18 Å². The number of allylic oxidation sites excluding steroid dienone is 1. The molecule has 6 heteroatoms. The second-order valence-electron chi connectivity index (χ2n) is 5.53. The summed E-state index contributed by atoms with van der Waals surface area (Å²) in [5.74, 6) is 0. The maximum absolute atomic E-state index is 12.1. The molecule has 20 heavy (non-hydrogen) atoms. The van der Waals surface area contributed by atoms with Crippen LogP contribution in [0.25, 0.3) is 0 Å². The van der Waals surface area contributed by atoms with Gasteiger partial charge < -0.3 is 14.8 Å². The fourth-order valence-corrected chi connectivity index (χ4v) is 2.73. The molecule has 0 spiro atoms. The highest BCUT2D eigenvalue weighted by Crippen LogP contribution is 2.24. The van der Waals surface area contributed by atoms with Crippen molar-refractivity contribution in [1.29, 1.82) is 0 Å². The monoisotopic (exact) mass is 293 g/mol. The molecule has 1 saturated carbocycles. The van der Waals surface area contributed by atoms with E-state index in [9.17, 15) is 13.2 Å². The summed E-state index contributed by atoms with van der Waals surface area (Å²) in [6.07, 6.45) is 4.67. The van der Waals surface area contributed by atoms with E-state index in [2.05, 4.69) is 5.32 Å². The molecule has 0 amide bonds. The Bertz CT molecular complexity index is 320. The minimum absolute atomic E-state index is 0.177. The molecular weight excluding hydrogens is 271 g/mol. The van der Waals surface area contributed by atoms with Gasteiger partial charge in [0.25, 0.3) is 0 Å². The van der Waals surface area contributed by atoms with E-state index in [0.717, 1.165) is 38.6 Å². The second kappa shape index (κ2) is 7.31. The molecule has 3 nitrogen and oxygen atoms in total. The number of halogens is 3. The predicted octanol–water partition coefficient (Wildman–Crippen LogP) is 3.16. The topological polar surface area (TPSA) is 30.5 Å². The molecular formula is C14H22F3NO2. The van der Waals surface area contributed by atoms with E-state index in [1.807, 2.05) is 6.08 Å². The quantitative estimate of drug-likeness (QED) is 0.844. The van der Waals surface area contributed by atoms with E-state index in [-0.39, 0.29) is 18.2 Å². The highest BCUT2D eigenvalue weighted by Gasteiger charge is 2.31. The SMILES string of the molecule is FC(F)(F)COC1CCCC(NCC2CCC=CO2)C1. The average Bonchev–Trinajstić information content (AvgIpc) is 2.44. The van der Waals surface area contributed by atoms with Gasteiger partial charge in [-0.2, -0.15) is 13.2 Å². The summed E-state index contributed by atoms with van der Waals surface area (Å²) >= 11 is 0. The van der Waals surface area contributed by atoms with Crippen molar-refractivity contribution in [1.82, 2.24) is 5.32 Å². The number of ether oxygens (including phenoxy) is 2. The van der Waals surface area contributed by atoms with Gasteiger partial charge in [-0.15, -0.1) is 0 Å². The Morgan fingerprint density at radius 3 is 2.80 bits per heavy atom. The molecule has 0 radical (unpaired) electrons. The van der Waals surface area contributed by atoms with Crippen LogP contribution in [0.4, 0.5) is 13.2 Å². The van der Waals surface area contributed by atoms with Gasteiger partial charge in [-0.3, -0.25) is 0 Å². The van der Waals surface area contributed by atoms with Crippen LogP contribution >= 0.6 is 0 Å². The highest BCUT2D eigenvalue weighted by atomic mass is 19.4. The highest BCUT2D eigenvalue weighted by molar-refractivity contribution is 4.85. The summed E-state index contributed by atoms with van der Waals surface area (Å²) in [6.45, 7) is -0.387. The van der Waals surface area contributed by atoms with Crippen LogP contribution in [0.5, 0.6) is 0 Å². The van der Waals surface area contributed by atoms with E-state index in [0.29, 0.717) is 6.42 Å². The Labute approximate surface area is 117 Å². The lowest BCUT2D eigenvalue weighted by molar-refractivity contribution is -0.188. The van der Waals surface area contributed by atoms with Gasteiger partial charge in [0, 0.05) is 12.6 Å². The lowest BCUT2D eigenvalue weighted by Crippen LogP contribution is -2.41. The third-order valence-corrected chi connectivity index (χ3v) is 3.77. The lowest BCUT2D eigenvalue weighted by Gasteiger charge is -2.31. The summed E-state index contributed by atoms with van der Waals surface area (Å²) in [5, 5.41) is 3.40. The fraction of sp³-hybridized carbons (Fsp3) is 0.857. The predicted molar refractivity (Wildman–Crippen MR) is 69.3 cm³/mol. The molecule has 116 valence electrons. The molecule has 1 heterocycles. The Balaban J connectivity index is 1.66. The Kier molecular flexibility index (Phi) is 5.72. The van der Waals surface area contributed by atoms with Crippen molar-refractivity contribution >= 4 is 0 Å².